The maximum absolute atomic E-state index is 13.1. The van der Waals surface area contributed by atoms with Gasteiger partial charge in [-0.1, -0.05) is 24.3 Å². The summed E-state index contributed by atoms with van der Waals surface area (Å²) in [6.45, 7) is 0. The molecule has 0 saturated carbocycles. The molecular weight excluding hydrogens is 351 g/mol. The van der Waals surface area contributed by atoms with Gasteiger partial charge in [-0.05, 0) is 35.4 Å². The number of benzene rings is 2. The smallest absolute Gasteiger partial charge is 0.358 e. The minimum Gasteiger partial charge on any atom is -0.358 e. The van der Waals surface area contributed by atoms with Crippen LogP contribution in [0.3, 0.4) is 0 Å². The molecule has 130 valence electrons. The van der Waals surface area contributed by atoms with E-state index in [0.29, 0.717) is 22.9 Å². The molecule has 0 fully saturated rings. The van der Waals surface area contributed by atoms with Crippen LogP contribution < -0.4 is 0 Å². The Bertz CT molecular complexity index is 623. The third-order valence-corrected chi connectivity index (χ3v) is 4.70. The number of alkyl halides is 3. The summed E-state index contributed by atoms with van der Waals surface area (Å²) in [6, 6.07) is 10.1. The van der Waals surface area contributed by atoms with E-state index in [0.717, 1.165) is 24.3 Å². The van der Waals surface area contributed by atoms with E-state index in [1.165, 1.54) is 24.3 Å². The fourth-order valence-corrected chi connectivity index (χ4v) is 3.20. The summed E-state index contributed by atoms with van der Waals surface area (Å²) >= 11 is 0.608. The topological polar surface area (TPSA) is 40.5 Å². The predicted molar refractivity (Wildman–Crippen MR) is 80.3 cm³/mol. The van der Waals surface area contributed by atoms with E-state index in [-0.39, 0.29) is 0 Å². The van der Waals surface area contributed by atoms with Gasteiger partial charge in [0, 0.05) is 0 Å². The highest BCUT2D eigenvalue weighted by atomic mass is 32.2. The van der Waals surface area contributed by atoms with Gasteiger partial charge in [0.05, 0.1) is 11.0 Å². The van der Waals surface area contributed by atoms with Gasteiger partial charge in [-0.3, -0.25) is 0 Å². The molecule has 2 rings (SSSR count). The summed E-state index contributed by atoms with van der Waals surface area (Å²) < 4.78 is 63.8. The van der Waals surface area contributed by atoms with Crippen molar-refractivity contribution >= 4 is 11.8 Å². The third-order valence-electron chi connectivity index (χ3n) is 3.25. The number of halogens is 5. The highest BCUT2D eigenvalue weighted by Gasteiger charge is 2.53. The molecule has 0 saturated heterocycles. The average Bonchev–Trinajstić information content (AvgIpc) is 2.49. The van der Waals surface area contributed by atoms with Crippen LogP contribution in [-0.2, 0) is 0 Å². The van der Waals surface area contributed by atoms with Crippen molar-refractivity contribution in [1.29, 1.82) is 0 Å². The standard InChI is InChI=1S/C16H13F5O2S/c17-12-5-1-10(2-6-12)14(11-3-7-13(18)8-4-11)24-9-15(22,23)16(19,20)21/h1-8,14,22-23H,9H2. The summed E-state index contributed by atoms with van der Waals surface area (Å²) in [5, 5.41) is 17.6. The van der Waals surface area contributed by atoms with Crippen molar-refractivity contribution in [2.45, 2.75) is 17.2 Å². The molecule has 0 bridgehead atoms. The number of aliphatic hydroxyl groups is 2. The van der Waals surface area contributed by atoms with E-state index in [1.807, 2.05) is 0 Å². The lowest BCUT2D eigenvalue weighted by Crippen LogP contribution is -2.47. The van der Waals surface area contributed by atoms with Crippen LogP contribution >= 0.6 is 11.8 Å². The summed E-state index contributed by atoms with van der Waals surface area (Å²) in [5.41, 5.74) is 0.900. The molecule has 0 spiro atoms. The Kier molecular flexibility index (Phi) is 5.52. The molecule has 2 nitrogen and oxygen atoms in total. The largest absolute Gasteiger partial charge is 0.443 e. The summed E-state index contributed by atoms with van der Waals surface area (Å²) in [4.78, 5) is 0. The van der Waals surface area contributed by atoms with Crippen LogP contribution in [0.2, 0.25) is 0 Å². The lowest BCUT2D eigenvalue weighted by Gasteiger charge is -2.26. The van der Waals surface area contributed by atoms with Crippen molar-refractivity contribution in [3.8, 4) is 0 Å². The van der Waals surface area contributed by atoms with Crippen molar-refractivity contribution < 1.29 is 32.2 Å². The molecule has 2 aromatic rings. The van der Waals surface area contributed by atoms with Crippen LogP contribution in [0.4, 0.5) is 22.0 Å². The normalized spacial score (nSPS) is 12.7. The van der Waals surface area contributed by atoms with Crippen LogP contribution in [0.15, 0.2) is 48.5 Å². The number of thioether (sulfide) groups is 1. The highest BCUT2D eigenvalue weighted by Crippen LogP contribution is 2.40. The first kappa shape index (κ1) is 18.7. The second kappa shape index (κ2) is 7.08. The number of hydrogen-bond donors (Lipinski definition) is 2. The summed E-state index contributed by atoms with van der Waals surface area (Å²) in [5.74, 6) is -5.96. The van der Waals surface area contributed by atoms with E-state index in [9.17, 15) is 32.2 Å². The van der Waals surface area contributed by atoms with E-state index in [1.54, 1.807) is 0 Å². The maximum Gasteiger partial charge on any atom is 0.443 e. The second-order valence-corrected chi connectivity index (χ2v) is 6.20. The van der Waals surface area contributed by atoms with Gasteiger partial charge in [-0.25, -0.2) is 8.78 Å². The Labute approximate surface area is 138 Å². The SMILES string of the molecule is OC(O)(CSC(c1ccc(F)cc1)c1ccc(F)cc1)C(F)(F)F. The zero-order valence-corrected chi connectivity index (χ0v) is 12.9. The highest BCUT2D eigenvalue weighted by molar-refractivity contribution is 7.99. The molecule has 0 aliphatic carbocycles. The Hall–Kier alpha value is -1.64. The molecule has 0 aromatic heterocycles. The lowest BCUT2D eigenvalue weighted by atomic mass is 10.0. The zero-order valence-electron chi connectivity index (χ0n) is 12.1. The lowest BCUT2D eigenvalue weighted by molar-refractivity contribution is -0.336. The first-order chi connectivity index (χ1) is 11.1. The average molecular weight is 364 g/mol. The number of hydrogen-bond acceptors (Lipinski definition) is 3. The van der Waals surface area contributed by atoms with Crippen molar-refractivity contribution in [3.63, 3.8) is 0 Å². The Morgan fingerprint density at radius 2 is 1.17 bits per heavy atom. The van der Waals surface area contributed by atoms with Gasteiger partial charge in [0.2, 0.25) is 0 Å². The molecule has 2 N–H and O–H groups in total. The van der Waals surface area contributed by atoms with Crippen molar-refractivity contribution in [2.24, 2.45) is 0 Å². The van der Waals surface area contributed by atoms with E-state index >= 15 is 0 Å². The Balaban J connectivity index is 2.30. The molecule has 0 aliphatic rings. The minimum atomic E-state index is -5.21. The molecule has 0 amide bonds. The molecule has 0 aliphatic heterocycles. The van der Waals surface area contributed by atoms with Crippen LogP contribution in [0.1, 0.15) is 16.4 Å². The molecule has 0 heterocycles. The van der Waals surface area contributed by atoms with Crippen LogP contribution in [-0.4, -0.2) is 27.9 Å². The Morgan fingerprint density at radius 3 is 1.50 bits per heavy atom. The second-order valence-electron chi connectivity index (χ2n) is 5.11. The van der Waals surface area contributed by atoms with E-state index in [4.69, 9.17) is 0 Å². The molecule has 8 heteroatoms. The van der Waals surface area contributed by atoms with Gasteiger partial charge in [0.25, 0.3) is 5.79 Å². The Morgan fingerprint density at radius 1 is 0.792 bits per heavy atom. The molecular formula is C16H13F5O2S. The summed E-state index contributed by atoms with van der Waals surface area (Å²) in [6.07, 6.45) is -5.21. The van der Waals surface area contributed by atoms with E-state index in [2.05, 4.69) is 0 Å². The van der Waals surface area contributed by atoms with Crippen LogP contribution in [0.5, 0.6) is 0 Å². The van der Waals surface area contributed by atoms with Gasteiger partial charge in [0.15, 0.2) is 0 Å². The quantitative estimate of drug-likeness (QED) is 0.622. The fraction of sp³-hybridized carbons (Fsp3) is 0.250. The first-order valence-corrected chi connectivity index (χ1v) is 7.79. The molecule has 2 aromatic carbocycles. The fourth-order valence-electron chi connectivity index (χ4n) is 1.94. The van der Waals surface area contributed by atoms with Crippen molar-refractivity contribution in [2.75, 3.05) is 5.75 Å². The van der Waals surface area contributed by atoms with Gasteiger partial charge >= 0.3 is 6.18 Å². The monoisotopic (exact) mass is 364 g/mol. The molecule has 0 atom stereocenters. The summed E-state index contributed by atoms with van der Waals surface area (Å²) in [7, 11) is 0. The minimum absolute atomic E-state index is 0.450. The first-order valence-electron chi connectivity index (χ1n) is 6.74. The maximum atomic E-state index is 13.1. The van der Waals surface area contributed by atoms with Crippen LogP contribution in [0, 0.1) is 11.6 Å². The van der Waals surface area contributed by atoms with Gasteiger partial charge in [-0.15, -0.1) is 11.8 Å². The molecule has 24 heavy (non-hydrogen) atoms. The molecule has 0 radical (unpaired) electrons. The number of rotatable bonds is 5. The van der Waals surface area contributed by atoms with Gasteiger partial charge in [0.1, 0.15) is 11.6 Å². The van der Waals surface area contributed by atoms with Gasteiger partial charge in [-0.2, -0.15) is 13.2 Å². The van der Waals surface area contributed by atoms with Crippen molar-refractivity contribution in [1.82, 2.24) is 0 Å². The van der Waals surface area contributed by atoms with Crippen LogP contribution in [0.25, 0.3) is 0 Å². The van der Waals surface area contributed by atoms with Crippen molar-refractivity contribution in [3.05, 3.63) is 71.3 Å². The van der Waals surface area contributed by atoms with E-state index < -0.39 is 34.6 Å². The molecule has 0 unspecified atom stereocenters. The van der Waals surface area contributed by atoms with Gasteiger partial charge < -0.3 is 10.2 Å². The predicted octanol–water partition coefficient (Wildman–Crippen LogP) is 4.03. The zero-order chi connectivity index (χ0) is 18.0. The third kappa shape index (κ3) is 4.46.